The monoisotopic (exact) mass is 311 g/mol. The Hall–Kier alpha value is -1.07. The van der Waals surface area contributed by atoms with E-state index in [1.807, 2.05) is 23.0 Å². The van der Waals surface area contributed by atoms with Gasteiger partial charge < -0.3 is 9.73 Å². The molecule has 0 aromatic carbocycles. The lowest BCUT2D eigenvalue weighted by atomic mass is 10.1. The van der Waals surface area contributed by atoms with Gasteiger partial charge in [-0.15, -0.1) is 0 Å². The van der Waals surface area contributed by atoms with E-state index in [-0.39, 0.29) is 6.04 Å². The maximum Gasteiger partial charge on any atom is 0.126 e. The highest BCUT2D eigenvalue weighted by atomic mass is 79.9. The molecule has 0 amide bonds. The summed E-state index contributed by atoms with van der Waals surface area (Å²) in [5.41, 5.74) is 1.10. The van der Waals surface area contributed by atoms with Crippen LogP contribution in [0.1, 0.15) is 44.3 Å². The van der Waals surface area contributed by atoms with E-state index in [4.69, 9.17) is 4.42 Å². The normalized spacial score (nSPS) is 13.2. The summed E-state index contributed by atoms with van der Waals surface area (Å²) in [6, 6.07) is 4.22. The molecule has 0 aliphatic carbocycles. The minimum atomic E-state index is 0.0178. The summed E-state index contributed by atoms with van der Waals surface area (Å²) in [6.07, 6.45) is 3.53. The number of aromatic nitrogens is 2. The lowest BCUT2D eigenvalue weighted by molar-refractivity contribution is 0.416. The van der Waals surface area contributed by atoms with Gasteiger partial charge in [-0.2, -0.15) is 5.10 Å². The van der Waals surface area contributed by atoms with Gasteiger partial charge in [0.25, 0.3) is 0 Å². The van der Waals surface area contributed by atoms with Gasteiger partial charge in [0.05, 0.1) is 22.6 Å². The van der Waals surface area contributed by atoms with Crippen LogP contribution in [0, 0.1) is 0 Å². The Morgan fingerprint density at radius 2 is 2.28 bits per heavy atom. The van der Waals surface area contributed by atoms with Crippen LogP contribution in [0.15, 0.2) is 33.5 Å². The van der Waals surface area contributed by atoms with Gasteiger partial charge in [0.15, 0.2) is 0 Å². The molecular formula is C13H18BrN3O. The molecule has 4 nitrogen and oxygen atoms in total. The van der Waals surface area contributed by atoms with Crippen molar-refractivity contribution in [3.05, 3.63) is 40.5 Å². The largest absolute Gasteiger partial charge is 0.467 e. The Morgan fingerprint density at radius 1 is 1.50 bits per heavy atom. The zero-order chi connectivity index (χ0) is 13.1. The minimum absolute atomic E-state index is 0.0178. The van der Waals surface area contributed by atoms with Crippen LogP contribution in [0.25, 0.3) is 0 Å². The summed E-state index contributed by atoms with van der Waals surface area (Å²) >= 11 is 3.58. The van der Waals surface area contributed by atoms with E-state index < -0.39 is 0 Å². The molecule has 0 aliphatic rings. The molecule has 18 heavy (non-hydrogen) atoms. The van der Waals surface area contributed by atoms with Gasteiger partial charge in [-0.3, -0.25) is 4.68 Å². The second-order valence-electron chi connectivity index (χ2n) is 4.42. The van der Waals surface area contributed by atoms with Crippen molar-refractivity contribution in [2.45, 2.75) is 32.9 Å². The van der Waals surface area contributed by atoms with Crippen LogP contribution >= 0.6 is 15.9 Å². The molecule has 1 atom stereocenters. The fraction of sp³-hybridized carbons (Fsp3) is 0.462. The molecule has 0 saturated carbocycles. The van der Waals surface area contributed by atoms with E-state index in [1.165, 1.54) is 0 Å². The van der Waals surface area contributed by atoms with E-state index in [0.717, 1.165) is 22.5 Å². The molecular weight excluding hydrogens is 294 g/mol. The van der Waals surface area contributed by atoms with Gasteiger partial charge in [-0.25, -0.2) is 0 Å². The van der Waals surface area contributed by atoms with E-state index in [0.29, 0.717) is 6.04 Å². The van der Waals surface area contributed by atoms with Gasteiger partial charge in [0.1, 0.15) is 11.8 Å². The molecule has 2 aromatic rings. The van der Waals surface area contributed by atoms with Crippen LogP contribution in [0.3, 0.4) is 0 Å². The number of furan rings is 1. The van der Waals surface area contributed by atoms with Gasteiger partial charge in [-0.1, -0.05) is 6.92 Å². The zero-order valence-electron chi connectivity index (χ0n) is 10.9. The highest BCUT2D eigenvalue weighted by Crippen LogP contribution is 2.30. The topological polar surface area (TPSA) is 43.0 Å². The zero-order valence-corrected chi connectivity index (χ0v) is 12.4. The Labute approximate surface area is 115 Å². The smallest absolute Gasteiger partial charge is 0.126 e. The highest BCUT2D eigenvalue weighted by molar-refractivity contribution is 9.10. The maximum atomic E-state index is 5.54. The summed E-state index contributed by atoms with van der Waals surface area (Å²) in [7, 11) is 0. The molecule has 0 bridgehead atoms. The highest BCUT2D eigenvalue weighted by Gasteiger charge is 2.24. The average Bonchev–Trinajstić information content (AvgIpc) is 2.95. The molecule has 2 rings (SSSR count). The maximum absolute atomic E-state index is 5.54. The van der Waals surface area contributed by atoms with Crippen LogP contribution in [0.5, 0.6) is 0 Å². The first-order valence-electron chi connectivity index (χ1n) is 6.14. The molecule has 2 aromatic heterocycles. The lowest BCUT2D eigenvalue weighted by Gasteiger charge is -2.20. The van der Waals surface area contributed by atoms with E-state index in [1.54, 1.807) is 6.26 Å². The summed E-state index contributed by atoms with van der Waals surface area (Å²) in [4.78, 5) is 0. The predicted octanol–water partition coefficient (Wildman–Crippen LogP) is 3.52. The van der Waals surface area contributed by atoms with Crippen LogP contribution in [0.2, 0.25) is 0 Å². The molecule has 0 aliphatic heterocycles. The number of nitrogens with one attached hydrogen (secondary N) is 1. The number of hydrogen-bond donors (Lipinski definition) is 1. The first kappa shape index (κ1) is 13.4. The second kappa shape index (κ2) is 5.71. The Balaban J connectivity index is 2.45. The third-order valence-corrected chi connectivity index (χ3v) is 3.40. The SMILES string of the molecule is CCNC(c1ccco1)c1c(Br)cnn1C(C)C. The molecule has 98 valence electrons. The van der Waals surface area contributed by atoms with Crippen molar-refractivity contribution < 1.29 is 4.42 Å². The standard InChI is InChI=1S/C13H18BrN3O/c1-4-15-12(11-6-5-7-18-11)13-10(14)8-16-17(13)9(2)3/h5-9,12,15H,4H2,1-3H3. The van der Waals surface area contributed by atoms with Crippen LogP contribution in [0.4, 0.5) is 0 Å². The molecule has 0 saturated heterocycles. The summed E-state index contributed by atoms with van der Waals surface area (Å²) in [6.45, 7) is 7.18. The van der Waals surface area contributed by atoms with Crippen LogP contribution in [-0.2, 0) is 0 Å². The molecule has 0 fully saturated rings. The Morgan fingerprint density at radius 3 is 2.83 bits per heavy atom. The van der Waals surface area contributed by atoms with Gasteiger partial charge in [0, 0.05) is 6.04 Å². The van der Waals surface area contributed by atoms with Crippen molar-refractivity contribution >= 4 is 15.9 Å². The molecule has 1 unspecified atom stereocenters. The quantitative estimate of drug-likeness (QED) is 0.918. The first-order valence-corrected chi connectivity index (χ1v) is 6.94. The fourth-order valence-corrected chi connectivity index (χ4v) is 2.53. The minimum Gasteiger partial charge on any atom is -0.467 e. The first-order chi connectivity index (χ1) is 8.65. The Bertz CT molecular complexity index is 490. The van der Waals surface area contributed by atoms with Gasteiger partial charge in [-0.05, 0) is 48.5 Å². The van der Waals surface area contributed by atoms with Crippen molar-refractivity contribution in [1.82, 2.24) is 15.1 Å². The van der Waals surface area contributed by atoms with Crippen molar-refractivity contribution in [1.29, 1.82) is 0 Å². The van der Waals surface area contributed by atoms with Crippen molar-refractivity contribution in [3.63, 3.8) is 0 Å². The number of hydrogen-bond acceptors (Lipinski definition) is 3. The van der Waals surface area contributed by atoms with Crippen LogP contribution in [-0.4, -0.2) is 16.3 Å². The number of nitrogens with zero attached hydrogens (tertiary/aromatic N) is 2. The summed E-state index contributed by atoms with van der Waals surface area (Å²) < 4.78 is 8.55. The van der Waals surface area contributed by atoms with Gasteiger partial charge >= 0.3 is 0 Å². The third kappa shape index (κ3) is 2.52. The molecule has 1 N–H and O–H groups in total. The van der Waals surface area contributed by atoms with Crippen molar-refractivity contribution in [3.8, 4) is 0 Å². The third-order valence-electron chi connectivity index (χ3n) is 2.79. The van der Waals surface area contributed by atoms with Gasteiger partial charge in [0.2, 0.25) is 0 Å². The van der Waals surface area contributed by atoms with Crippen molar-refractivity contribution in [2.75, 3.05) is 6.54 Å². The number of rotatable bonds is 5. The van der Waals surface area contributed by atoms with Crippen molar-refractivity contribution in [2.24, 2.45) is 0 Å². The second-order valence-corrected chi connectivity index (χ2v) is 5.28. The molecule has 0 radical (unpaired) electrons. The number of halogens is 1. The van der Waals surface area contributed by atoms with E-state index >= 15 is 0 Å². The predicted molar refractivity (Wildman–Crippen MR) is 74.5 cm³/mol. The average molecular weight is 312 g/mol. The molecule has 5 heteroatoms. The summed E-state index contributed by atoms with van der Waals surface area (Å²) in [5.74, 6) is 0.903. The van der Waals surface area contributed by atoms with E-state index in [9.17, 15) is 0 Å². The Kier molecular flexibility index (Phi) is 4.24. The lowest BCUT2D eigenvalue weighted by Crippen LogP contribution is -2.25. The fourth-order valence-electron chi connectivity index (χ4n) is 2.02. The molecule has 2 heterocycles. The molecule has 0 spiro atoms. The summed E-state index contributed by atoms with van der Waals surface area (Å²) in [5, 5.41) is 7.86. The van der Waals surface area contributed by atoms with E-state index in [2.05, 4.69) is 47.1 Å². The van der Waals surface area contributed by atoms with Crippen LogP contribution < -0.4 is 5.32 Å².